The molecule has 4 heterocycles. The van der Waals surface area contributed by atoms with Crippen LogP contribution in [0.1, 0.15) is 16.8 Å². The fourth-order valence-electron chi connectivity index (χ4n) is 3.71. The van der Waals surface area contributed by atoms with Gasteiger partial charge in [0.05, 0.1) is 28.7 Å². The third-order valence-corrected chi connectivity index (χ3v) is 5.48. The van der Waals surface area contributed by atoms with Gasteiger partial charge in [0.1, 0.15) is 12.2 Å². The molecule has 1 aromatic carbocycles. The normalized spacial score (nSPS) is 13.9. The first-order chi connectivity index (χ1) is 14.7. The van der Waals surface area contributed by atoms with Crippen LogP contribution in [0.5, 0.6) is 0 Å². The van der Waals surface area contributed by atoms with Crippen LogP contribution in [0.15, 0.2) is 54.0 Å². The van der Waals surface area contributed by atoms with Gasteiger partial charge in [0, 0.05) is 49.0 Å². The summed E-state index contributed by atoms with van der Waals surface area (Å²) in [6.07, 6.45) is 7.27. The maximum absolute atomic E-state index is 12.7. The molecule has 0 spiro atoms. The van der Waals surface area contributed by atoms with Crippen LogP contribution in [0.4, 0.5) is 0 Å². The van der Waals surface area contributed by atoms with Crippen LogP contribution in [0.25, 0.3) is 22.6 Å². The summed E-state index contributed by atoms with van der Waals surface area (Å²) in [7, 11) is 0. The van der Waals surface area contributed by atoms with Gasteiger partial charge < -0.3 is 4.98 Å². The van der Waals surface area contributed by atoms with Gasteiger partial charge in [0.25, 0.3) is 5.56 Å². The zero-order chi connectivity index (χ0) is 20.5. The molecular weight excluding hydrogens is 402 g/mol. The lowest BCUT2D eigenvalue weighted by molar-refractivity contribution is 0.242. The van der Waals surface area contributed by atoms with Crippen LogP contribution < -0.4 is 5.56 Å². The highest BCUT2D eigenvalue weighted by Gasteiger charge is 2.23. The van der Waals surface area contributed by atoms with E-state index in [0.717, 1.165) is 29.1 Å². The molecule has 0 unspecified atom stereocenters. The number of nitrogens with one attached hydrogen (secondary N) is 2. The van der Waals surface area contributed by atoms with Gasteiger partial charge in [0.15, 0.2) is 0 Å². The molecule has 0 amide bonds. The number of rotatable bonds is 4. The maximum atomic E-state index is 12.7. The lowest BCUT2D eigenvalue weighted by Crippen LogP contribution is -2.35. The van der Waals surface area contributed by atoms with E-state index in [1.807, 2.05) is 30.5 Å². The molecule has 3 aromatic heterocycles. The van der Waals surface area contributed by atoms with Crippen LogP contribution in [0.2, 0.25) is 5.02 Å². The Labute approximate surface area is 177 Å². The van der Waals surface area contributed by atoms with Crippen molar-refractivity contribution in [3.05, 3.63) is 81.4 Å². The Bertz CT molecular complexity index is 1230. The fraction of sp³-hybridized carbons (Fsp3) is 0.190. The summed E-state index contributed by atoms with van der Waals surface area (Å²) in [5.74, 6) is 0.507. The first-order valence-corrected chi connectivity index (χ1v) is 9.93. The van der Waals surface area contributed by atoms with E-state index in [2.05, 4.69) is 35.0 Å². The van der Waals surface area contributed by atoms with Gasteiger partial charge in [-0.05, 0) is 17.7 Å². The second kappa shape index (κ2) is 7.81. The standard InChI is InChI=1S/C21H18ClN7O/c22-16-3-1-13(2-4-16)19-15(9-25-28-19)10-29-6-5-18-17(11-29)21(30)27-20(26-18)14-7-23-12-24-8-14/h1-4,7-9,12H,5-6,10-11H2,(H,25,28)(H,26,27,30). The van der Waals surface area contributed by atoms with Crippen molar-refractivity contribution in [1.82, 2.24) is 35.0 Å². The molecule has 0 aliphatic carbocycles. The highest BCUT2D eigenvalue weighted by Crippen LogP contribution is 2.25. The number of aromatic nitrogens is 6. The molecule has 150 valence electrons. The number of H-pyrrole nitrogens is 2. The van der Waals surface area contributed by atoms with E-state index in [0.29, 0.717) is 41.5 Å². The zero-order valence-corrected chi connectivity index (χ0v) is 16.7. The lowest BCUT2D eigenvalue weighted by atomic mass is 10.0. The zero-order valence-electron chi connectivity index (χ0n) is 16.0. The van der Waals surface area contributed by atoms with E-state index in [-0.39, 0.29) is 5.56 Å². The maximum Gasteiger partial charge on any atom is 0.255 e. The summed E-state index contributed by atoms with van der Waals surface area (Å²) < 4.78 is 0. The predicted octanol–water partition coefficient (Wildman–Crippen LogP) is 2.83. The predicted molar refractivity (Wildman–Crippen MR) is 113 cm³/mol. The van der Waals surface area contributed by atoms with Crippen LogP contribution in [-0.4, -0.2) is 41.6 Å². The van der Waals surface area contributed by atoms with E-state index in [1.165, 1.54) is 6.33 Å². The SMILES string of the molecule is O=c1[nH]c(-c2cncnc2)nc2c1CN(Cc1cn[nH]c1-c1ccc(Cl)cc1)CC2. The molecule has 0 saturated heterocycles. The molecule has 0 atom stereocenters. The lowest BCUT2D eigenvalue weighted by Gasteiger charge is -2.27. The van der Waals surface area contributed by atoms with Crippen molar-refractivity contribution in [1.29, 1.82) is 0 Å². The largest absolute Gasteiger partial charge is 0.306 e. The molecule has 4 aromatic rings. The minimum absolute atomic E-state index is 0.117. The molecule has 1 aliphatic rings. The molecule has 5 rings (SSSR count). The van der Waals surface area contributed by atoms with Crippen LogP contribution in [0.3, 0.4) is 0 Å². The molecule has 30 heavy (non-hydrogen) atoms. The molecule has 0 radical (unpaired) electrons. The summed E-state index contributed by atoms with van der Waals surface area (Å²) in [5, 5.41) is 7.99. The average molecular weight is 420 g/mol. The van der Waals surface area contributed by atoms with Crippen LogP contribution in [0, 0.1) is 0 Å². The highest BCUT2D eigenvalue weighted by molar-refractivity contribution is 6.30. The summed E-state index contributed by atoms with van der Waals surface area (Å²) in [6.45, 7) is 2.02. The van der Waals surface area contributed by atoms with Gasteiger partial charge in [-0.25, -0.2) is 15.0 Å². The minimum atomic E-state index is -0.117. The molecule has 0 saturated carbocycles. The fourth-order valence-corrected chi connectivity index (χ4v) is 3.84. The van der Waals surface area contributed by atoms with Gasteiger partial charge >= 0.3 is 0 Å². The Balaban J connectivity index is 1.38. The molecule has 2 N–H and O–H groups in total. The molecule has 1 aliphatic heterocycles. The number of aromatic amines is 2. The molecule has 0 bridgehead atoms. The van der Waals surface area contributed by atoms with Gasteiger partial charge in [-0.3, -0.25) is 14.8 Å². The van der Waals surface area contributed by atoms with Gasteiger partial charge in [-0.1, -0.05) is 23.7 Å². The number of halogens is 1. The third kappa shape index (κ3) is 3.62. The van der Waals surface area contributed by atoms with Crippen molar-refractivity contribution < 1.29 is 0 Å². The number of hydrogen-bond donors (Lipinski definition) is 2. The molecule has 9 heteroatoms. The number of fused-ring (bicyclic) bond motifs is 1. The van der Waals surface area contributed by atoms with E-state index < -0.39 is 0 Å². The van der Waals surface area contributed by atoms with E-state index in [4.69, 9.17) is 11.6 Å². The quantitative estimate of drug-likeness (QED) is 0.527. The highest BCUT2D eigenvalue weighted by atomic mass is 35.5. The van der Waals surface area contributed by atoms with Gasteiger partial charge in [-0.2, -0.15) is 5.10 Å². The number of hydrogen-bond acceptors (Lipinski definition) is 6. The number of nitrogens with zero attached hydrogens (tertiary/aromatic N) is 5. The molecular formula is C21H18ClN7O. The Kier molecular flexibility index (Phi) is 4.86. The summed E-state index contributed by atoms with van der Waals surface area (Å²) >= 11 is 6.00. The topological polar surface area (TPSA) is 103 Å². The second-order valence-electron chi connectivity index (χ2n) is 7.20. The Morgan fingerprint density at radius 1 is 1.07 bits per heavy atom. The van der Waals surface area contributed by atoms with Crippen molar-refractivity contribution in [2.75, 3.05) is 6.54 Å². The van der Waals surface area contributed by atoms with Crippen molar-refractivity contribution in [2.24, 2.45) is 0 Å². The van der Waals surface area contributed by atoms with Crippen molar-refractivity contribution in [3.8, 4) is 22.6 Å². The number of benzene rings is 1. The summed E-state index contributed by atoms with van der Waals surface area (Å²) in [6, 6.07) is 7.65. The first-order valence-electron chi connectivity index (χ1n) is 9.55. The summed E-state index contributed by atoms with van der Waals surface area (Å²) in [4.78, 5) is 30.5. The Hall–Kier alpha value is -3.36. The summed E-state index contributed by atoms with van der Waals surface area (Å²) in [5.41, 5.74) is 5.18. The van der Waals surface area contributed by atoms with Crippen molar-refractivity contribution >= 4 is 11.6 Å². The van der Waals surface area contributed by atoms with Crippen LogP contribution in [-0.2, 0) is 19.5 Å². The minimum Gasteiger partial charge on any atom is -0.306 e. The Morgan fingerprint density at radius 3 is 2.67 bits per heavy atom. The third-order valence-electron chi connectivity index (χ3n) is 5.23. The first kappa shape index (κ1) is 18.7. The van der Waals surface area contributed by atoms with E-state index in [9.17, 15) is 4.79 Å². The van der Waals surface area contributed by atoms with Gasteiger partial charge in [0.2, 0.25) is 0 Å². The smallest absolute Gasteiger partial charge is 0.255 e. The van der Waals surface area contributed by atoms with Gasteiger partial charge in [-0.15, -0.1) is 0 Å². The monoisotopic (exact) mass is 419 g/mol. The average Bonchev–Trinajstić information content (AvgIpc) is 3.23. The van der Waals surface area contributed by atoms with Crippen LogP contribution >= 0.6 is 11.6 Å². The van der Waals surface area contributed by atoms with Crippen molar-refractivity contribution in [3.63, 3.8) is 0 Å². The van der Waals surface area contributed by atoms with E-state index >= 15 is 0 Å². The molecule has 8 nitrogen and oxygen atoms in total. The van der Waals surface area contributed by atoms with E-state index in [1.54, 1.807) is 12.4 Å². The van der Waals surface area contributed by atoms with Crippen molar-refractivity contribution in [2.45, 2.75) is 19.5 Å². The Morgan fingerprint density at radius 2 is 1.87 bits per heavy atom. The second-order valence-corrected chi connectivity index (χ2v) is 7.64. The molecule has 0 fully saturated rings.